The number of nitrogens with one attached hydrogen (secondary N) is 6. The Morgan fingerprint density at radius 1 is 0.448 bits per heavy atom. The smallest absolute Gasteiger partial charge is 0.334 e. The molecule has 0 atom stereocenters. The molecule has 6 amide bonds. The van der Waals surface area contributed by atoms with Crippen LogP contribution in [0.15, 0.2) is 135 Å². The monoisotopic (exact) mass is 800 g/mol. The van der Waals surface area contributed by atoms with Gasteiger partial charge in [0.05, 0.1) is 11.1 Å². The first-order valence-corrected chi connectivity index (χ1v) is 17.3. The first-order chi connectivity index (χ1) is 27.5. The molecule has 0 aliphatic carbocycles. The topological polar surface area (TPSA) is 123 Å². The molecule has 58 heavy (non-hydrogen) atoms. The van der Waals surface area contributed by atoms with E-state index in [1.165, 1.54) is 12.1 Å². The molecule has 0 heterocycles. The molecule has 5 aromatic carbocycles. The molecule has 9 nitrogen and oxygen atoms in total. The van der Waals surface area contributed by atoms with Crippen LogP contribution in [-0.4, -0.2) is 18.1 Å². The predicted octanol–water partition coefficient (Wildman–Crippen LogP) is 11.6. The summed E-state index contributed by atoms with van der Waals surface area (Å²) in [6.07, 6.45) is -4.93. The van der Waals surface area contributed by atoms with Gasteiger partial charge in [-0.1, -0.05) is 98.6 Å². The van der Waals surface area contributed by atoms with Crippen molar-refractivity contribution in [2.24, 2.45) is 0 Å². The van der Waals surface area contributed by atoms with Crippen LogP contribution in [0.25, 0.3) is 18.2 Å². The largest absolute Gasteiger partial charge is 0.416 e. The molecular weight excluding hydrogens is 763 g/mol. The normalized spacial score (nSPS) is 10.8. The fourth-order valence-corrected chi connectivity index (χ4v) is 4.99. The van der Waals surface area contributed by atoms with Crippen LogP contribution in [0.1, 0.15) is 38.9 Å². The first-order valence-electron chi connectivity index (χ1n) is 17.3. The van der Waals surface area contributed by atoms with Gasteiger partial charge in [0, 0.05) is 35.8 Å². The number of carbonyl (C=O) groups is 3. The number of amides is 6. The third-order valence-corrected chi connectivity index (χ3v) is 7.96. The highest BCUT2D eigenvalue weighted by molar-refractivity contribution is 6.00. The van der Waals surface area contributed by atoms with Crippen molar-refractivity contribution in [3.8, 4) is 0 Å². The molecule has 0 bridgehead atoms. The lowest BCUT2D eigenvalue weighted by Crippen LogP contribution is -2.29. The molecule has 0 aliphatic heterocycles. The van der Waals surface area contributed by atoms with Gasteiger partial charge in [-0.2, -0.15) is 26.3 Å². The molecule has 5 rings (SSSR count). The molecule has 0 spiro atoms. The average molecular weight is 801 g/mol. The van der Waals surface area contributed by atoms with E-state index < -0.39 is 35.2 Å². The first kappa shape index (κ1) is 43.4. The van der Waals surface area contributed by atoms with Crippen LogP contribution in [0, 0.1) is 0 Å². The minimum Gasteiger partial charge on any atom is -0.334 e. The second kappa shape index (κ2) is 20.0. The summed E-state index contributed by atoms with van der Waals surface area (Å²) in [5, 5.41) is 15.5. The fraction of sp³-hybridized carbons (Fsp3) is 0.0930. The van der Waals surface area contributed by atoms with Crippen LogP contribution in [0.3, 0.4) is 0 Å². The third-order valence-electron chi connectivity index (χ3n) is 7.96. The van der Waals surface area contributed by atoms with Gasteiger partial charge in [-0.05, 0) is 82.4 Å². The van der Waals surface area contributed by atoms with Crippen molar-refractivity contribution in [2.45, 2.75) is 25.4 Å². The molecule has 5 aromatic rings. The molecule has 300 valence electrons. The van der Waals surface area contributed by atoms with E-state index in [-0.39, 0.29) is 18.1 Å². The van der Waals surface area contributed by atoms with Crippen molar-refractivity contribution in [3.05, 3.63) is 174 Å². The Morgan fingerprint density at radius 2 is 0.776 bits per heavy atom. The average Bonchev–Trinajstić information content (AvgIpc) is 3.20. The van der Waals surface area contributed by atoms with Crippen LogP contribution in [-0.2, 0) is 25.4 Å². The summed E-state index contributed by atoms with van der Waals surface area (Å²) < 4.78 is 76.7. The van der Waals surface area contributed by atoms with Crippen molar-refractivity contribution in [2.75, 3.05) is 21.3 Å². The minimum atomic E-state index is -4.99. The lowest BCUT2D eigenvalue weighted by molar-refractivity contribution is -0.143. The van der Waals surface area contributed by atoms with Crippen LogP contribution in [0.2, 0.25) is 0 Å². The van der Waals surface area contributed by atoms with Crippen LogP contribution < -0.4 is 31.9 Å². The Labute approximate surface area is 330 Å². The number of alkyl halides is 6. The fourth-order valence-electron chi connectivity index (χ4n) is 4.99. The second-order valence-corrected chi connectivity index (χ2v) is 12.3. The number of anilines is 4. The number of hydrogen-bond donors (Lipinski definition) is 6. The second-order valence-electron chi connectivity index (χ2n) is 12.3. The lowest BCUT2D eigenvalue weighted by atomic mass is 10.1. The Morgan fingerprint density at radius 3 is 1.10 bits per heavy atom. The predicted molar refractivity (Wildman–Crippen MR) is 217 cm³/mol. The highest BCUT2D eigenvalue weighted by Gasteiger charge is 2.37. The summed E-state index contributed by atoms with van der Waals surface area (Å²) >= 11 is 0. The van der Waals surface area contributed by atoms with Crippen LogP contribution >= 0.6 is 0 Å². The van der Waals surface area contributed by atoms with E-state index in [0.717, 1.165) is 27.8 Å². The number of hydrogen-bond acceptors (Lipinski definition) is 3. The van der Waals surface area contributed by atoms with E-state index in [0.29, 0.717) is 42.3 Å². The van der Waals surface area contributed by atoms with Gasteiger partial charge in [-0.25, -0.2) is 14.4 Å². The van der Waals surface area contributed by atoms with Crippen molar-refractivity contribution in [1.82, 2.24) is 10.6 Å². The van der Waals surface area contributed by atoms with Gasteiger partial charge >= 0.3 is 30.4 Å². The summed E-state index contributed by atoms with van der Waals surface area (Å²) in [4.78, 5) is 36.1. The SMILES string of the molecule is C=Cc1ccc(NC(=O)NCc2cccc(CNC(=O)Nc3ccc(C=C)cc3)c2)cc1.C=Cc1ccc(NC(=O)Nc2cc(C(F)(F)F)cc(C(F)(F)F)c2)cc1. The summed E-state index contributed by atoms with van der Waals surface area (Å²) in [7, 11) is 0. The Bertz CT molecular complexity index is 2100. The Balaban J connectivity index is 0.000000262. The van der Waals surface area contributed by atoms with E-state index in [9.17, 15) is 40.7 Å². The standard InChI is InChI=1S/C26H26N4O2.C17H12F6N2O/c1-3-19-8-12-23(13-9-19)29-25(31)27-17-21-6-5-7-22(16-21)18-28-26(32)30-24-14-10-20(4-2)11-15-24;1-2-10-3-5-13(6-4-10)24-15(26)25-14-8-11(16(18,19)20)7-12(9-14)17(21,22)23/h3-16H,1-2,17-18H2,(H2,27,29,31)(H2,28,30,32);2-9H,1H2,(H2,24,25,26). The van der Waals surface area contributed by atoms with E-state index in [1.807, 2.05) is 78.1 Å². The molecule has 0 unspecified atom stereocenters. The molecular formula is C43H38F6N6O3. The zero-order chi connectivity index (χ0) is 42.3. The van der Waals surface area contributed by atoms with E-state index in [1.54, 1.807) is 30.4 Å². The van der Waals surface area contributed by atoms with Gasteiger partial charge in [0.25, 0.3) is 0 Å². The van der Waals surface area contributed by atoms with Gasteiger partial charge in [-0.3, -0.25) is 0 Å². The van der Waals surface area contributed by atoms with Gasteiger partial charge in [0.2, 0.25) is 0 Å². The summed E-state index contributed by atoms with van der Waals surface area (Å²) in [6.45, 7) is 11.7. The number of urea groups is 3. The third kappa shape index (κ3) is 14.1. The molecule has 15 heteroatoms. The van der Waals surface area contributed by atoms with Crippen molar-refractivity contribution < 1.29 is 40.7 Å². The Hall–Kier alpha value is -7.29. The van der Waals surface area contributed by atoms with Crippen molar-refractivity contribution >= 4 is 59.1 Å². The maximum absolute atomic E-state index is 12.8. The van der Waals surface area contributed by atoms with Crippen molar-refractivity contribution in [3.63, 3.8) is 0 Å². The molecule has 0 saturated carbocycles. The lowest BCUT2D eigenvalue weighted by Gasteiger charge is -2.15. The van der Waals surface area contributed by atoms with Crippen LogP contribution in [0.5, 0.6) is 0 Å². The van der Waals surface area contributed by atoms with Gasteiger partial charge < -0.3 is 31.9 Å². The van der Waals surface area contributed by atoms with Gasteiger partial charge in [-0.15, -0.1) is 0 Å². The number of carbonyl (C=O) groups excluding carboxylic acids is 3. The molecule has 6 N–H and O–H groups in total. The molecule has 0 saturated heterocycles. The maximum atomic E-state index is 12.8. The van der Waals surface area contributed by atoms with E-state index in [2.05, 4.69) is 46.3 Å². The highest BCUT2D eigenvalue weighted by atomic mass is 19.4. The molecule has 0 radical (unpaired) electrons. The highest BCUT2D eigenvalue weighted by Crippen LogP contribution is 2.37. The maximum Gasteiger partial charge on any atom is 0.416 e. The Kier molecular flexibility index (Phi) is 15.0. The number of halogens is 6. The van der Waals surface area contributed by atoms with Crippen molar-refractivity contribution in [1.29, 1.82) is 0 Å². The van der Waals surface area contributed by atoms with E-state index >= 15 is 0 Å². The zero-order valence-corrected chi connectivity index (χ0v) is 30.7. The zero-order valence-electron chi connectivity index (χ0n) is 30.7. The van der Waals surface area contributed by atoms with Crippen LogP contribution in [0.4, 0.5) is 63.5 Å². The van der Waals surface area contributed by atoms with E-state index in [4.69, 9.17) is 0 Å². The summed E-state index contributed by atoms with van der Waals surface area (Å²) in [5.74, 6) is 0. The minimum absolute atomic E-state index is 0.0168. The summed E-state index contributed by atoms with van der Waals surface area (Å²) in [6, 6.07) is 28.0. The number of rotatable bonds is 11. The molecule has 0 fully saturated rings. The quantitative estimate of drug-likeness (QED) is 0.0746. The molecule has 0 aromatic heterocycles. The van der Waals surface area contributed by atoms with Gasteiger partial charge in [0.15, 0.2) is 0 Å². The van der Waals surface area contributed by atoms with Gasteiger partial charge in [0.1, 0.15) is 0 Å². The summed E-state index contributed by atoms with van der Waals surface area (Å²) in [5.41, 5.74) is 2.65. The molecule has 0 aliphatic rings. The number of benzene rings is 5.